The van der Waals surface area contributed by atoms with E-state index in [1.165, 1.54) is 44.9 Å². The van der Waals surface area contributed by atoms with E-state index in [1.807, 2.05) is 24.3 Å². The summed E-state index contributed by atoms with van der Waals surface area (Å²) in [4.78, 5) is 11.3. The number of carbonyl (C=O) groups excluding carboxylic acids is 1. The van der Waals surface area contributed by atoms with Crippen LogP contribution < -0.4 is 5.32 Å². The van der Waals surface area contributed by atoms with Crippen molar-refractivity contribution < 1.29 is 9.53 Å². The van der Waals surface area contributed by atoms with Crippen LogP contribution in [0.1, 0.15) is 57.4 Å². The lowest BCUT2D eigenvalue weighted by atomic mass is 10.0. The quantitative estimate of drug-likeness (QED) is 0.461. The Bertz CT molecular complexity index is 550. The lowest BCUT2D eigenvalue weighted by molar-refractivity contribution is -0.136. The number of benzene rings is 1. The Balaban J connectivity index is 1.76. The smallest absolute Gasteiger partial charge is 0.384 e. The summed E-state index contributed by atoms with van der Waals surface area (Å²) in [5.41, 5.74) is 1.83. The molecule has 0 bridgehead atoms. The minimum atomic E-state index is -0.473. The van der Waals surface area contributed by atoms with Crippen molar-refractivity contribution >= 4 is 11.7 Å². The summed E-state index contributed by atoms with van der Waals surface area (Å²) in [6.45, 7) is 3.08. The average Bonchev–Trinajstić information content (AvgIpc) is 3.07. The van der Waals surface area contributed by atoms with Gasteiger partial charge in [-0.15, -0.1) is 0 Å². The Morgan fingerprint density at radius 2 is 2.04 bits per heavy atom. The van der Waals surface area contributed by atoms with E-state index in [9.17, 15) is 4.79 Å². The van der Waals surface area contributed by atoms with Gasteiger partial charge in [-0.05, 0) is 31.4 Å². The van der Waals surface area contributed by atoms with Crippen LogP contribution in [-0.2, 0) is 9.53 Å². The molecule has 0 heterocycles. The van der Waals surface area contributed by atoms with E-state index >= 15 is 0 Å². The van der Waals surface area contributed by atoms with Crippen LogP contribution in [0.2, 0.25) is 0 Å². The standard InChI is InChI=1S/C20H27NO2/c1-2-23-20(22)15-14-18-12-5-6-13-19(18)21-16-8-7-11-17-9-3-4-10-17/h5-6,12-13,17,21H,2-4,7-11,16H2,1H3. The molecule has 1 aromatic rings. The molecule has 0 radical (unpaired) electrons. The molecule has 1 aliphatic carbocycles. The molecule has 0 spiro atoms. The van der Waals surface area contributed by atoms with E-state index in [0.29, 0.717) is 6.61 Å². The maximum absolute atomic E-state index is 11.3. The monoisotopic (exact) mass is 313 g/mol. The summed E-state index contributed by atoms with van der Waals surface area (Å²) in [5.74, 6) is 5.92. The number of nitrogens with one attached hydrogen (secondary N) is 1. The van der Waals surface area contributed by atoms with Crippen LogP contribution >= 0.6 is 0 Å². The van der Waals surface area contributed by atoms with Crippen LogP contribution in [0.4, 0.5) is 5.69 Å². The third-order valence-corrected chi connectivity index (χ3v) is 4.33. The maximum Gasteiger partial charge on any atom is 0.384 e. The van der Waals surface area contributed by atoms with Crippen molar-refractivity contribution in [2.24, 2.45) is 5.92 Å². The molecule has 124 valence electrons. The summed E-state index contributed by atoms with van der Waals surface area (Å²) in [6, 6.07) is 7.84. The van der Waals surface area contributed by atoms with Gasteiger partial charge in [-0.25, -0.2) is 4.79 Å². The fourth-order valence-corrected chi connectivity index (χ4v) is 3.11. The van der Waals surface area contributed by atoms with E-state index in [0.717, 1.165) is 23.7 Å². The predicted molar refractivity (Wildman–Crippen MR) is 94.3 cm³/mol. The van der Waals surface area contributed by atoms with Gasteiger partial charge < -0.3 is 10.1 Å². The zero-order valence-electron chi connectivity index (χ0n) is 14.1. The van der Waals surface area contributed by atoms with Gasteiger partial charge in [-0.1, -0.05) is 56.6 Å². The van der Waals surface area contributed by atoms with Crippen molar-refractivity contribution in [2.45, 2.75) is 51.9 Å². The molecule has 23 heavy (non-hydrogen) atoms. The third kappa shape index (κ3) is 6.36. The molecule has 0 aliphatic heterocycles. The number of para-hydroxylation sites is 1. The van der Waals surface area contributed by atoms with Crippen LogP contribution in [0.15, 0.2) is 24.3 Å². The molecule has 0 atom stereocenters. The number of hydrogen-bond acceptors (Lipinski definition) is 3. The first kappa shape index (κ1) is 17.4. The Kier molecular flexibility index (Phi) is 7.52. The molecular weight excluding hydrogens is 286 g/mol. The van der Waals surface area contributed by atoms with Crippen molar-refractivity contribution in [1.29, 1.82) is 0 Å². The summed E-state index contributed by atoms with van der Waals surface area (Å²) < 4.78 is 4.83. The van der Waals surface area contributed by atoms with E-state index < -0.39 is 5.97 Å². The summed E-state index contributed by atoms with van der Waals surface area (Å²) in [6.07, 6.45) is 9.54. The molecule has 1 aliphatic rings. The molecule has 0 saturated heterocycles. The number of rotatable bonds is 7. The number of unbranched alkanes of at least 4 members (excludes halogenated alkanes) is 1. The van der Waals surface area contributed by atoms with Crippen LogP contribution in [0.25, 0.3) is 0 Å². The molecular formula is C20H27NO2. The van der Waals surface area contributed by atoms with Crippen LogP contribution in [0.5, 0.6) is 0 Å². The zero-order valence-corrected chi connectivity index (χ0v) is 14.1. The van der Waals surface area contributed by atoms with Gasteiger partial charge in [-0.2, -0.15) is 0 Å². The van der Waals surface area contributed by atoms with Crippen molar-refractivity contribution in [3.05, 3.63) is 29.8 Å². The first-order chi connectivity index (χ1) is 11.3. The molecule has 1 aromatic carbocycles. The number of anilines is 1. The second kappa shape index (κ2) is 9.94. The molecule has 3 heteroatoms. The SMILES string of the molecule is CCOC(=O)C#Cc1ccccc1NCCCCC1CCCC1. The minimum absolute atomic E-state index is 0.356. The molecule has 0 aromatic heterocycles. The highest BCUT2D eigenvalue weighted by Crippen LogP contribution is 2.28. The van der Waals surface area contributed by atoms with Crippen LogP contribution in [-0.4, -0.2) is 19.1 Å². The second-order valence-corrected chi connectivity index (χ2v) is 6.09. The zero-order chi connectivity index (χ0) is 16.3. The molecule has 0 amide bonds. The number of carbonyl (C=O) groups is 1. The van der Waals surface area contributed by atoms with Gasteiger partial charge in [0.15, 0.2) is 0 Å². The number of ether oxygens (including phenoxy) is 1. The predicted octanol–water partition coefficient (Wildman–Crippen LogP) is 4.37. The van der Waals surface area contributed by atoms with E-state index in [2.05, 4.69) is 17.2 Å². The molecule has 2 rings (SSSR count). The number of hydrogen-bond donors (Lipinski definition) is 1. The Hall–Kier alpha value is -1.95. The third-order valence-electron chi connectivity index (χ3n) is 4.33. The summed E-state index contributed by atoms with van der Waals surface area (Å²) in [7, 11) is 0. The van der Waals surface area contributed by atoms with E-state index in [1.54, 1.807) is 6.92 Å². The Labute approximate surface area is 139 Å². The highest BCUT2D eigenvalue weighted by Gasteiger charge is 2.13. The number of esters is 1. The van der Waals surface area contributed by atoms with Crippen LogP contribution in [0, 0.1) is 17.8 Å². The molecule has 1 fully saturated rings. The van der Waals surface area contributed by atoms with Crippen molar-refractivity contribution in [2.75, 3.05) is 18.5 Å². The Morgan fingerprint density at radius 1 is 1.26 bits per heavy atom. The van der Waals surface area contributed by atoms with Gasteiger partial charge in [0.2, 0.25) is 0 Å². The Morgan fingerprint density at radius 3 is 2.83 bits per heavy atom. The van der Waals surface area contributed by atoms with Gasteiger partial charge in [0.1, 0.15) is 0 Å². The van der Waals surface area contributed by atoms with Crippen molar-refractivity contribution in [1.82, 2.24) is 0 Å². The van der Waals surface area contributed by atoms with E-state index in [4.69, 9.17) is 4.74 Å². The van der Waals surface area contributed by atoms with Gasteiger partial charge in [0, 0.05) is 23.7 Å². The largest absolute Gasteiger partial charge is 0.456 e. The maximum atomic E-state index is 11.3. The second-order valence-electron chi connectivity index (χ2n) is 6.09. The fourth-order valence-electron chi connectivity index (χ4n) is 3.11. The van der Waals surface area contributed by atoms with Crippen molar-refractivity contribution in [3.63, 3.8) is 0 Å². The fraction of sp³-hybridized carbons (Fsp3) is 0.550. The lowest BCUT2D eigenvalue weighted by Crippen LogP contribution is -2.04. The van der Waals surface area contributed by atoms with Gasteiger partial charge in [0.05, 0.1) is 6.61 Å². The summed E-state index contributed by atoms with van der Waals surface area (Å²) >= 11 is 0. The van der Waals surface area contributed by atoms with Crippen LogP contribution in [0.3, 0.4) is 0 Å². The normalized spacial score (nSPS) is 14.1. The minimum Gasteiger partial charge on any atom is -0.456 e. The highest BCUT2D eigenvalue weighted by atomic mass is 16.5. The van der Waals surface area contributed by atoms with Crippen molar-refractivity contribution in [3.8, 4) is 11.8 Å². The van der Waals surface area contributed by atoms with E-state index in [-0.39, 0.29) is 0 Å². The highest BCUT2D eigenvalue weighted by molar-refractivity contribution is 5.89. The van der Waals surface area contributed by atoms with Gasteiger partial charge >= 0.3 is 5.97 Å². The first-order valence-corrected chi connectivity index (χ1v) is 8.81. The average molecular weight is 313 g/mol. The molecule has 1 saturated carbocycles. The topological polar surface area (TPSA) is 38.3 Å². The van der Waals surface area contributed by atoms with Gasteiger partial charge in [0.25, 0.3) is 0 Å². The molecule has 1 N–H and O–H groups in total. The lowest BCUT2D eigenvalue weighted by Gasteiger charge is -2.10. The molecule has 0 unspecified atom stereocenters. The van der Waals surface area contributed by atoms with Gasteiger partial charge in [-0.3, -0.25) is 0 Å². The summed E-state index contributed by atoms with van der Waals surface area (Å²) in [5, 5.41) is 3.44. The molecule has 3 nitrogen and oxygen atoms in total. The first-order valence-electron chi connectivity index (χ1n) is 8.81.